The summed E-state index contributed by atoms with van der Waals surface area (Å²) in [6.07, 6.45) is 6.60. The van der Waals surface area contributed by atoms with Crippen LogP contribution in [0, 0.1) is 12.3 Å². The Hall–Kier alpha value is -1.83. The van der Waals surface area contributed by atoms with Crippen LogP contribution < -0.4 is 0 Å². The molecule has 4 heteroatoms. The lowest BCUT2D eigenvalue weighted by Crippen LogP contribution is -2.46. The van der Waals surface area contributed by atoms with Crippen molar-refractivity contribution < 1.29 is 14.0 Å². The maximum Gasteiger partial charge on any atom is 0.338 e. The molecule has 140 valence electrons. The van der Waals surface area contributed by atoms with Crippen molar-refractivity contribution in [3.05, 3.63) is 47.0 Å². The standard InChI is InChI=1S/C22H30O3Si/c1-8-17-14-19(24-21(23)18-12-10-9-11-13-18)15-20(16(17)2)25-26(6,7)22(3,4)5/h1,9-13,19-20H,14-15H2,2-7H3/t19-,20+/m1/s1. The molecule has 0 N–H and O–H groups in total. The lowest BCUT2D eigenvalue weighted by Gasteiger charge is -2.42. The Morgan fingerprint density at radius 1 is 1.23 bits per heavy atom. The molecule has 0 heterocycles. The molecule has 1 aromatic rings. The molecule has 2 atom stereocenters. The van der Waals surface area contributed by atoms with E-state index in [2.05, 4.69) is 39.8 Å². The SMILES string of the molecule is C#CC1=C(C)[C@@H](O[Si](C)(C)C(C)(C)C)C[C@H](OC(=O)c2ccccc2)C1. The van der Waals surface area contributed by atoms with Crippen LogP contribution in [-0.2, 0) is 9.16 Å². The first-order valence-electron chi connectivity index (χ1n) is 9.15. The van der Waals surface area contributed by atoms with Gasteiger partial charge in [0.05, 0.1) is 11.7 Å². The summed E-state index contributed by atoms with van der Waals surface area (Å²) >= 11 is 0. The van der Waals surface area contributed by atoms with Crippen molar-refractivity contribution in [1.29, 1.82) is 0 Å². The minimum atomic E-state index is -1.95. The van der Waals surface area contributed by atoms with Crippen LogP contribution in [0.25, 0.3) is 0 Å². The van der Waals surface area contributed by atoms with Gasteiger partial charge in [0.1, 0.15) is 6.10 Å². The summed E-state index contributed by atoms with van der Waals surface area (Å²) in [6, 6.07) is 9.06. The van der Waals surface area contributed by atoms with Crippen molar-refractivity contribution in [3.8, 4) is 12.3 Å². The fraction of sp³-hybridized carbons (Fsp3) is 0.500. The fourth-order valence-corrected chi connectivity index (χ4v) is 4.14. The fourth-order valence-electron chi connectivity index (χ4n) is 2.81. The quantitative estimate of drug-likeness (QED) is 0.407. The Kier molecular flexibility index (Phi) is 6.15. The van der Waals surface area contributed by atoms with E-state index >= 15 is 0 Å². The van der Waals surface area contributed by atoms with Gasteiger partial charge in [-0.05, 0) is 42.8 Å². The van der Waals surface area contributed by atoms with Crippen LogP contribution in [0.3, 0.4) is 0 Å². The number of carbonyl (C=O) groups excluding carboxylic acids is 1. The van der Waals surface area contributed by atoms with Gasteiger partial charge < -0.3 is 9.16 Å². The molecule has 1 aliphatic carbocycles. The van der Waals surface area contributed by atoms with Crippen molar-refractivity contribution in [3.63, 3.8) is 0 Å². The molecule has 26 heavy (non-hydrogen) atoms. The lowest BCUT2D eigenvalue weighted by molar-refractivity contribution is 0.0168. The van der Waals surface area contributed by atoms with E-state index in [0.717, 1.165) is 11.1 Å². The monoisotopic (exact) mass is 370 g/mol. The largest absolute Gasteiger partial charge is 0.458 e. The van der Waals surface area contributed by atoms with Crippen LogP contribution in [0.2, 0.25) is 18.1 Å². The van der Waals surface area contributed by atoms with Gasteiger partial charge in [-0.25, -0.2) is 4.79 Å². The molecule has 0 fully saturated rings. The maximum atomic E-state index is 12.4. The highest BCUT2D eigenvalue weighted by molar-refractivity contribution is 6.74. The minimum absolute atomic E-state index is 0.0933. The van der Waals surface area contributed by atoms with Gasteiger partial charge in [0.15, 0.2) is 8.32 Å². The Morgan fingerprint density at radius 2 is 1.85 bits per heavy atom. The zero-order valence-electron chi connectivity index (χ0n) is 16.8. The maximum absolute atomic E-state index is 12.4. The van der Waals surface area contributed by atoms with Crippen LogP contribution in [0.15, 0.2) is 41.5 Å². The van der Waals surface area contributed by atoms with E-state index in [4.69, 9.17) is 15.6 Å². The smallest absolute Gasteiger partial charge is 0.338 e. The average Bonchev–Trinajstić information content (AvgIpc) is 2.57. The normalized spacial score (nSPS) is 21.3. The van der Waals surface area contributed by atoms with E-state index in [0.29, 0.717) is 18.4 Å². The molecule has 0 bridgehead atoms. The molecule has 2 rings (SSSR count). The van der Waals surface area contributed by atoms with Crippen molar-refractivity contribution in [2.75, 3.05) is 0 Å². The van der Waals surface area contributed by atoms with Crippen LogP contribution in [0.1, 0.15) is 50.9 Å². The van der Waals surface area contributed by atoms with E-state index in [9.17, 15) is 4.79 Å². The molecular weight excluding hydrogens is 340 g/mol. The van der Waals surface area contributed by atoms with Crippen LogP contribution in [-0.4, -0.2) is 26.5 Å². The minimum Gasteiger partial charge on any atom is -0.458 e. The molecule has 0 unspecified atom stereocenters. The van der Waals surface area contributed by atoms with Crippen molar-refractivity contribution in [2.24, 2.45) is 0 Å². The van der Waals surface area contributed by atoms with Gasteiger partial charge in [-0.1, -0.05) is 44.9 Å². The molecule has 0 aliphatic heterocycles. The van der Waals surface area contributed by atoms with E-state index in [1.807, 2.05) is 25.1 Å². The number of hydrogen-bond donors (Lipinski definition) is 0. The summed E-state index contributed by atoms with van der Waals surface area (Å²) in [5.41, 5.74) is 2.55. The van der Waals surface area contributed by atoms with E-state index in [1.165, 1.54) is 0 Å². The van der Waals surface area contributed by atoms with Crippen molar-refractivity contribution in [2.45, 2.75) is 70.9 Å². The number of rotatable bonds is 4. The first-order valence-corrected chi connectivity index (χ1v) is 12.1. The Labute approximate surface area is 158 Å². The third-order valence-electron chi connectivity index (χ3n) is 5.57. The first-order chi connectivity index (χ1) is 12.0. The molecule has 0 radical (unpaired) electrons. The molecule has 0 aromatic heterocycles. The number of ether oxygens (including phenoxy) is 1. The zero-order valence-corrected chi connectivity index (χ0v) is 17.8. The van der Waals surface area contributed by atoms with Crippen LogP contribution in [0.5, 0.6) is 0 Å². The molecule has 0 spiro atoms. The van der Waals surface area contributed by atoms with Crippen molar-refractivity contribution in [1.82, 2.24) is 0 Å². The van der Waals surface area contributed by atoms with Gasteiger partial charge >= 0.3 is 5.97 Å². The van der Waals surface area contributed by atoms with Gasteiger partial charge in [0.25, 0.3) is 0 Å². The third kappa shape index (κ3) is 4.66. The average molecular weight is 371 g/mol. The molecule has 0 saturated heterocycles. The topological polar surface area (TPSA) is 35.5 Å². The molecule has 0 saturated carbocycles. The highest BCUT2D eigenvalue weighted by Gasteiger charge is 2.41. The summed E-state index contributed by atoms with van der Waals surface area (Å²) in [7, 11) is -1.95. The summed E-state index contributed by atoms with van der Waals surface area (Å²) in [5, 5.41) is 0.108. The van der Waals surface area contributed by atoms with Gasteiger partial charge in [-0.2, -0.15) is 0 Å². The highest BCUT2D eigenvalue weighted by Crippen LogP contribution is 2.40. The Bertz CT molecular complexity index is 720. The summed E-state index contributed by atoms with van der Waals surface area (Å²) in [5.74, 6) is 2.47. The number of hydrogen-bond acceptors (Lipinski definition) is 3. The Morgan fingerprint density at radius 3 is 2.38 bits per heavy atom. The number of carbonyl (C=O) groups is 1. The van der Waals surface area contributed by atoms with Crippen LogP contribution >= 0.6 is 0 Å². The third-order valence-corrected chi connectivity index (χ3v) is 10.1. The molecule has 1 aromatic carbocycles. The van der Waals surface area contributed by atoms with Gasteiger partial charge in [-0.3, -0.25) is 0 Å². The Balaban J connectivity index is 2.18. The molecule has 3 nitrogen and oxygen atoms in total. The van der Waals surface area contributed by atoms with E-state index < -0.39 is 8.32 Å². The second-order valence-corrected chi connectivity index (χ2v) is 13.3. The number of benzene rings is 1. The predicted octanol–water partition coefficient (Wildman–Crippen LogP) is 5.35. The first kappa shape index (κ1) is 20.5. The van der Waals surface area contributed by atoms with Crippen molar-refractivity contribution >= 4 is 14.3 Å². The second kappa shape index (κ2) is 7.81. The van der Waals surface area contributed by atoms with E-state index in [1.54, 1.807) is 12.1 Å². The number of terminal acetylenes is 1. The summed E-state index contributed by atoms with van der Waals surface area (Å²) in [6.45, 7) is 13.2. The lowest BCUT2D eigenvalue weighted by atomic mass is 9.88. The van der Waals surface area contributed by atoms with Gasteiger partial charge in [0.2, 0.25) is 0 Å². The molecule has 0 amide bonds. The summed E-state index contributed by atoms with van der Waals surface area (Å²) < 4.78 is 12.4. The second-order valence-electron chi connectivity index (χ2n) is 8.51. The molecular formula is C22H30O3Si. The van der Waals surface area contributed by atoms with E-state index in [-0.39, 0.29) is 23.2 Å². The van der Waals surface area contributed by atoms with Gasteiger partial charge in [0, 0.05) is 18.4 Å². The predicted molar refractivity (Wildman–Crippen MR) is 108 cm³/mol. The zero-order chi connectivity index (χ0) is 19.5. The highest BCUT2D eigenvalue weighted by atomic mass is 28.4. The number of esters is 1. The molecule has 1 aliphatic rings. The van der Waals surface area contributed by atoms with Crippen LogP contribution in [0.4, 0.5) is 0 Å². The summed E-state index contributed by atoms with van der Waals surface area (Å²) in [4.78, 5) is 12.4. The van der Waals surface area contributed by atoms with Gasteiger partial charge in [-0.15, -0.1) is 6.42 Å².